The van der Waals surface area contributed by atoms with Gasteiger partial charge in [-0.2, -0.15) is 0 Å². The van der Waals surface area contributed by atoms with Gasteiger partial charge in [-0.1, -0.05) is 18.2 Å². The van der Waals surface area contributed by atoms with Crippen LogP contribution in [0.15, 0.2) is 53.4 Å². The molecule has 0 spiro atoms. The van der Waals surface area contributed by atoms with Crippen molar-refractivity contribution in [3.05, 3.63) is 59.9 Å². The molecule has 1 N–H and O–H groups in total. The van der Waals surface area contributed by atoms with Gasteiger partial charge in [0.05, 0.1) is 4.90 Å². The number of hydrogen-bond donors (Lipinski definition) is 1. The summed E-state index contributed by atoms with van der Waals surface area (Å²) in [4.78, 5) is 14.7. The number of likely N-dealkylation sites (tertiary alicyclic amines) is 1. The van der Waals surface area contributed by atoms with Crippen LogP contribution in [0.1, 0.15) is 23.2 Å². The average molecular weight is 376 g/mol. The minimum Gasteiger partial charge on any atom is -0.306 e. The fraction of sp³-hybridized carbons (Fsp3) is 0.316. The second kappa shape index (κ2) is 7.55. The van der Waals surface area contributed by atoms with Crippen LogP contribution in [0.5, 0.6) is 0 Å². The van der Waals surface area contributed by atoms with Crippen molar-refractivity contribution < 1.29 is 17.6 Å². The average Bonchev–Trinajstić information content (AvgIpc) is 2.62. The molecule has 0 amide bonds. The van der Waals surface area contributed by atoms with Gasteiger partial charge in [-0.05, 0) is 63.3 Å². The van der Waals surface area contributed by atoms with Crippen molar-refractivity contribution in [2.24, 2.45) is 5.92 Å². The number of sulfonamides is 1. The fourth-order valence-corrected chi connectivity index (χ4v) is 4.17. The van der Waals surface area contributed by atoms with Crippen molar-refractivity contribution in [1.82, 2.24) is 4.90 Å². The molecule has 7 heteroatoms. The van der Waals surface area contributed by atoms with E-state index >= 15 is 0 Å². The third kappa shape index (κ3) is 4.28. The Balaban J connectivity index is 1.78. The first kappa shape index (κ1) is 18.5. The van der Waals surface area contributed by atoms with Gasteiger partial charge in [0.15, 0.2) is 5.78 Å². The smallest absolute Gasteiger partial charge is 0.261 e. The van der Waals surface area contributed by atoms with Crippen LogP contribution in [0.3, 0.4) is 0 Å². The molecule has 1 heterocycles. The maximum absolute atomic E-state index is 13.3. The van der Waals surface area contributed by atoms with E-state index in [1.165, 1.54) is 24.3 Å². The summed E-state index contributed by atoms with van der Waals surface area (Å²) in [5, 5.41) is 0. The van der Waals surface area contributed by atoms with E-state index in [4.69, 9.17) is 0 Å². The Kier molecular flexibility index (Phi) is 5.38. The lowest BCUT2D eigenvalue weighted by molar-refractivity contribution is 0.0857. The number of nitrogens with one attached hydrogen (secondary N) is 1. The number of carbonyl (C=O) groups excluding carboxylic acids is 1. The van der Waals surface area contributed by atoms with Gasteiger partial charge >= 0.3 is 0 Å². The van der Waals surface area contributed by atoms with Crippen LogP contribution in [-0.4, -0.2) is 39.2 Å². The summed E-state index contributed by atoms with van der Waals surface area (Å²) in [5.41, 5.74) is 0.770. The zero-order valence-corrected chi connectivity index (χ0v) is 15.3. The maximum atomic E-state index is 13.3. The van der Waals surface area contributed by atoms with Gasteiger partial charge in [0.25, 0.3) is 10.0 Å². The lowest BCUT2D eigenvalue weighted by Gasteiger charge is -2.28. The summed E-state index contributed by atoms with van der Waals surface area (Å²) in [6.07, 6.45) is 1.60. The van der Waals surface area contributed by atoms with Crippen LogP contribution in [0, 0.1) is 11.7 Å². The van der Waals surface area contributed by atoms with Crippen LogP contribution in [0.4, 0.5) is 10.1 Å². The Morgan fingerprint density at radius 1 is 1.12 bits per heavy atom. The van der Waals surface area contributed by atoms with E-state index < -0.39 is 15.8 Å². The molecule has 0 saturated carbocycles. The molecule has 0 aliphatic carbocycles. The largest absolute Gasteiger partial charge is 0.306 e. The normalized spacial score (nSPS) is 16.4. The number of carbonyl (C=O) groups is 1. The standard InChI is InChI=1S/C19H21FN2O3S/c1-22-10-8-14(9-11-22)19(23)15-4-2-6-17(12-15)21-26(24,25)18-7-3-5-16(20)13-18/h2-7,12-14,21H,8-11H2,1H3. The summed E-state index contributed by atoms with van der Waals surface area (Å²) in [7, 11) is -1.89. The highest BCUT2D eigenvalue weighted by molar-refractivity contribution is 7.92. The summed E-state index contributed by atoms with van der Waals surface area (Å²) >= 11 is 0. The predicted octanol–water partition coefficient (Wildman–Crippen LogP) is 3.15. The van der Waals surface area contributed by atoms with E-state index in [1.54, 1.807) is 18.2 Å². The first-order valence-electron chi connectivity index (χ1n) is 8.46. The van der Waals surface area contributed by atoms with Crippen LogP contribution in [0.2, 0.25) is 0 Å². The van der Waals surface area contributed by atoms with Crippen LogP contribution >= 0.6 is 0 Å². The topological polar surface area (TPSA) is 66.5 Å². The number of nitrogens with zero attached hydrogens (tertiary/aromatic N) is 1. The number of Topliss-reactive ketones (excluding diaryl/α,β-unsaturated/α-hetero) is 1. The Labute approximate surface area is 152 Å². The number of rotatable bonds is 5. The number of halogens is 1. The Hall–Kier alpha value is -2.25. The van der Waals surface area contributed by atoms with Crippen LogP contribution in [-0.2, 0) is 10.0 Å². The SMILES string of the molecule is CN1CCC(C(=O)c2cccc(NS(=O)(=O)c3cccc(F)c3)c2)CC1. The predicted molar refractivity (Wildman–Crippen MR) is 98.2 cm³/mol. The molecule has 0 bridgehead atoms. The van der Waals surface area contributed by atoms with Gasteiger partial charge < -0.3 is 4.90 Å². The molecule has 0 unspecified atom stereocenters. The highest BCUT2D eigenvalue weighted by atomic mass is 32.2. The Morgan fingerprint density at radius 3 is 2.50 bits per heavy atom. The minimum absolute atomic E-state index is 0.0323. The number of ketones is 1. The van der Waals surface area contributed by atoms with Gasteiger partial charge in [-0.25, -0.2) is 12.8 Å². The van der Waals surface area contributed by atoms with E-state index in [-0.39, 0.29) is 22.3 Å². The Morgan fingerprint density at radius 2 is 1.81 bits per heavy atom. The molecular weight excluding hydrogens is 355 g/mol. The summed E-state index contributed by atoms with van der Waals surface area (Å²) < 4.78 is 40.5. The second-order valence-electron chi connectivity index (χ2n) is 6.59. The summed E-state index contributed by atoms with van der Waals surface area (Å²) in [6, 6.07) is 11.2. The lowest BCUT2D eigenvalue weighted by atomic mass is 9.89. The molecule has 2 aromatic carbocycles. The van der Waals surface area contributed by atoms with E-state index in [1.807, 2.05) is 7.05 Å². The van der Waals surface area contributed by atoms with Crippen LogP contribution in [0.25, 0.3) is 0 Å². The molecule has 26 heavy (non-hydrogen) atoms. The van der Waals surface area contributed by atoms with E-state index in [2.05, 4.69) is 9.62 Å². The highest BCUT2D eigenvalue weighted by Crippen LogP contribution is 2.24. The zero-order valence-electron chi connectivity index (χ0n) is 14.5. The number of benzene rings is 2. The molecule has 1 aliphatic heterocycles. The minimum atomic E-state index is -3.92. The number of piperidine rings is 1. The summed E-state index contributed by atoms with van der Waals surface area (Å²) in [5.74, 6) is -0.634. The van der Waals surface area contributed by atoms with Crippen molar-refractivity contribution in [1.29, 1.82) is 0 Å². The number of anilines is 1. The maximum Gasteiger partial charge on any atom is 0.261 e. The van der Waals surface area contributed by atoms with Crippen molar-refractivity contribution in [2.45, 2.75) is 17.7 Å². The molecule has 3 rings (SSSR count). The molecule has 0 radical (unpaired) electrons. The molecule has 0 aromatic heterocycles. The third-order valence-corrected chi connectivity index (χ3v) is 5.97. The Bertz CT molecular complexity index is 907. The first-order chi connectivity index (χ1) is 12.3. The number of hydrogen-bond acceptors (Lipinski definition) is 4. The quantitative estimate of drug-likeness (QED) is 0.814. The lowest BCUT2D eigenvalue weighted by Crippen LogP contribution is -2.33. The van der Waals surface area contributed by atoms with Crippen LogP contribution < -0.4 is 4.72 Å². The van der Waals surface area contributed by atoms with Crippen molar-refractivity contribution in [3.63, 3.8) is 0 Å². The molecule has 1 aliphatic rings. The highest BCUT2D eigenvalue weighted by Gasteiger charge is 2.24. The second-order valence-corrected chi connectivity index (χ2v) is 8.27. The summed E-state index contributed by atoms with van der Waals surface area (Å²) in [6.45, 7) is 1.75. The zero-order chi connectivity index (χ0) is 18.7. The van der Waals surface area contributed by atoms with Gasteiger partial charge in [-0.15, -0.1) is 0 Å². The molecule has 2 aromatic rings. The van der Waals surface area contributed by atoms with Crippen molar-refractivity contribution >= 4 is 21.5 Å². The van der Waals surface area contributed by atoms with Gasteiger partial charge in [0, 0.05) is 17.2 Å². The van der Waals surface area contributed by atoms with Gasteiger partial charge in [0.1, 0.15) is 5.82 Å². The molecule has 0 atom stereocenters. The van der Waals surface area contributed by atoms with E-state index in [0.717, 1.165) is 32.0 Å². The molecular formula is C19H21FN2O3S. The van der Waals surface area contributed by atoms with Crippen molar-refractivity contribution in [3.8, 4) is 0 Å². The molecule has 5 nitrogen and oxygen atoms in total. The fourth-order valence-electron chi connectivity index (χ4n) is 3.09. The molecule has 1 fully saturated rings. The van der Waals surface area contributed by atoms with E-state index in [9.17, 15) is 17.6 Å². The monoisotopic (exact) mass is 376 g/mol. The van der Waals surface area contributed by atoms with E-state index in [0.29, 0.717) is 5.56 Å². The van der Waals surface area contributed by atoms with Gasteiger partial charge in [0.2, 0.25) is 0 Å². The van der Waals surface area contributed by atoms with Gasteiger partial charge in [-0.3, -0.25) is 9.52 Å². The third-order valence-electron chi connectivity index (χ3n) is 4.60. The first-order valence-corrected chi connectivity index (χ1v) is 9.95. The molecule has 1 saturated heterocycles. The van der Waals surface area contributed by atoms with Crippen molar-refractivity contribution in [2.75, 3.05) is 24.9 Å². The molecule has 138 valence electrons.